The largest absolute Gasteiger partial charge is 0.478 e. The molecule has 3 aromatic heterocycles. The van der Waals surface area contributed by atoms with Crippen LogP contribution >= 0.6 is 0 Å². The number of rotatable bonds is 4. The van der Waals surface area contributed by atoms with Crippen molar-refractivity contribution < 1.29 is 9.90 Å². The van der Waals surface area contributed by atoms with Crippen LogP contribution in [0.15, 0.2) is 115 Å². The van der Waals surface area contributed by atoms with Crippen LogP contribution < -0.4 is 0 Å². The van der Waals surface area contributed by atoms with Crippen molar-refractivity contribution in [3.8, 4) is 33.4 Å². The van der Waals surface area contributed by atoms with Crippen LogP contribution in [0, 0.1) is 0 Å². The van der Waals surface area contributed by atoms with Crippen LogP contribution in [0.3, 0.4) is 0 Å². The predicted molar refractivity (Wildman–Crippen MR) is 182 cm³/mol. The first-order valence-corrected chi connectivity index (χ1v) is 14.7. The number of aromatic amines is 2. The smallest absolute Gasteiger partial charge is 0.335 e. The molecular weight excluding hydrogens is 556 g/mol. The summed E-state index contributed by atoms with van der Waals surface area (Å²) in [4.78, 5) is 29.0. The summed E-state index contributed by atoms with van der Waals surface area (Å²) >= 11 is 0. The van der Waals surface area contributed by atoms with E-state index in [2.05, 4.69) is 58.5 Å². The first kappa shape index (κ1) is 26.4. The van der Waals surface area contributed by atoms with Gasteiger partial charge in [-0.3, -0.25) is 0 Å². The Morgan fingerprint density at radius 2 is 1.16 bits per heavy atom. The van der Waals surface area contributed by atoms with E-state index < -0.39 is 5.97 Å². The first-order chi connectivity index (χ1) is 22.1. The quantitative estimate of drug-likeness (QED) is 0.193. The molecule has 5 heterocycles. The van der Waals surface area contributed by atoms with Gasteiger partial charge in [-0.1, -0.05) is 72.8 Å². The highest BCUT2D eigenvalue weighted by molar-refractivity contribution is 6.00. The second-order valence-electron chi connectivity index (χ2n) is 11.0. The Kier molecular flexibility index (Phi) is 6.31. The average Bonchev–Trinajstić information content (AvgIpc) is 3.89. The third-order valence-corrected chi connectivity index (χ3v) is 8.08. The molecule has 0 radical (unpaired) electrons. The van der Waals surface area contributed by atoms with E-state index in [1.54, 1.807) is 12.1 Å². The Labute approximate surface area is 258 Å². The maximum absolute atomic E-state index is 11.6. The molecule has 0 saturated heterocycles. The number of carboxylic acid groups (broad SMARTS) is 1. The van der Waals surface area contributed by atoms with Gasteiger partial charge in [-0.05, 0) is 83.5 Å². The van der Waals surface area contributed by atoms with Crippen molar-refractivity contribution in [1.82, 2.24) is 19.9 Å². The van der Waals surface area contributed by atoms with Crippen LogP contribution in [0.5, 0.6) is 0 Å². The molecular formula is C39H26N4O2. The number of carbonyl (C=O) groups is 1. The van der Waals surface area contributed by atoms with Gasteiger partial charge >= 0.3 is 5.97 Å². The zero-order chi connectivity index (χ0) is 30.3. The molecule has 0 aliphatic carbocycles. The Balaban J connectivity index is 1.49. The summed E-state index contributed by atoms with van der Waals surface area (Å²) in [7, 11) is 0. The van der Waals surface area contributed by atoms with Crippen LogP contribution in [0.1, 0.15) is 33.1 Å². The van der Waals surface area contributed by atoms with Crippen LogP contribution in [-0.2, 0) is 0 Å². The SMILES string of the molecule is O=C(O)c1ccc(-c2cc3cc4nc(c(-c5ccccc5)c5ccc(cc6nc(c(-c7ccccc7)c2[nH]3)C=C6)[nH]5)C=C4)cc1. The minimum absolute atomic E-state index is 0.240. The van der Waals surface area contributed by atoms with E-state index in [1.807, 2.05) is 78.9 Å². The van der Waals surface area contributed by atoms with Crippen molar-refractivity contribution in [2.75, 3.05) is 0 Å². The third kappa shape index (κ3) is 4.94. The summed E-state index contributed by atoms with van der Waals surface area (Å²) < 4.78 is 0. The summed E-state index contributed by atoms with van der Waals surface area (Å²) in [6.45, 7) is 0. The number of H-pyrrole nitrogens is 2. The number of carboxylic acids is 1. The monoisotopic (exact) mass is 582 g/mol. The van der Waals surface area contributed by atoms with Crippen molar-refractivity contribution in [2.45, 2.75) is 0 Å². The fourth-order valence-electron chi connectivity index (χ4n) is 6.00. The van der Waals surface area contributed by atoms with Crippen LogP contribution in [0.25, 0.3) is 79.8 Å². The predicted octanol–water partition coefficient (Wildman–Crippen LogP) is 9.35. The van der Waals surface area contributed by atoms with Crippen molar-refractivity contribution >= 4 is 52.3 Å². The molecule has 2 aliphatic rings. The van der Waals surface area contributed by atoms with Gasteiger partial charge in [-0.25, -0.2) is 14.8 Å². The van der Waals surface area contributed by atoms with E-state index in [0.717, 1.165) is 78.2 Å². The second-order valence-corrected chi connectivity index (χ2v) is 11.0. The Morgan fingerprint density at radius 1 is 0.556 bits per heavy atom. The van der Waals surface area contributed by atoms with E-state index >= 15 is 0 Å². The summed E-state index contributed by atoms with van der Waals surface area (Å²) in [6, 6.07) is 37.8. The van der Waals surface area contributed by atoms with Crippen molar-refractivity contribution in [3.05, 3.63) is 144 Å². The van der Waals surface area contributed by atoms with Gasteiger partial charge in [-0.15, -0.1) is 0 Å². The summed E-state index contributed by atoms with van der Waals surface area (Å²) in [6.07, 6.45) is 8.16. The number of benzene rings is 3. The van der Waals surface area contributed by atoms with E-state index in [4.69, 9.17) is 9.97 Å². The number of nitrogens with one attached hydrogen (secondary N) is 2. The minimum Gasteiger partial charge on any atom is -0.478 e. The standard InChI is InChI=1S/C39H26N4O2/c44-39(45)27-13-11-24(12-14-27)32-23-31-22-30-16-19-34(41-30)36(25-7-3-1-4-8-25)33-18-15-28(40-33)21-29-17-20-35(42-29)37(38(32)43-31)26-9-5-2-6-10-26/h1-23,40,43H,(H,44,45). The molecule has 2 aliphatic heterocycles. The van der Waals surface area contributed by atoms with Crippen molar-refractivity contribution in [2.24, 2.45) is 0 Å². The highest BCUT2D eigenvalue weighted by Crippen LogP contribution is 2.37. The maximum Gasteiger partial charge on any atom is 0.335 e. The molecule has 6 heteroatoms. The highest BCUT2D eigenvalue weighted by atomic mass is 16.4. The van der Waals surface area contributed by atoms with E-state index in [0.29, 0.717) is 0 Å². The van der Waals surface area contributed by atoms with Gasteiger partial charge in [0.25, 0.3) is 0 Å². The lowest BCUT2D eigenvalue weighted by molar-refractivity contribution is 0.0697. The molecule has 6 nitrogen and oxygen atoms in total. The maximum atomic E-state index is 11.6. The molecule has 0 fully saturated rings. The van der Waals surface area contributed by atoms with Gasteiger partial charge in [0.2, 0.25) is 0 Å². The molecule has 3 N–H and O–H groups in total. The van der Waals surface area contributed by atoms with Gasteiger partial charge in [0, 0.05) is 33.2 Å². The van der Waals surface area contributed by atoms with Crippen molar-refractivity contribution in [3.63, 3.8) is 0 Å². The Hall–Kier alpha value is -6.27. The molecule has 3 aromatic carbocycles. The molecule has 0 saturated carbocycles. The summed E-state index contributed by atoms with van der Waals surface area (Å²) in [5, 5.41) is 9.51. The zero-order valence-corrected chi connectivity index (χ0v) is 24.0. The lowest BCUT2D eigenvalue weighted by Gasteiger charge is -2.07. The topological polar surface area (TPSA) is 94.7 Å². The van der Waals surface area contributed by atoms with Crippen molar-refractivity contribution in [1.29, 1.82) is 0 Å². The Morgan fingerprint density at radius 3 is 1.80 bits per heavy atom. The van der Waals surface area contributed by atoms with Gasteiger partial charge in [0.15, 0.2) is 0 Å². The molecule has 214 valence electrons. The number of fused-ring (bicyclic) bond motifs is 8. The normalized spacial score (nSPS) is 12.0. The van der Waals surface area contributed by atoms with Crippen LogP contribution in [-0.4, -0.2) is 31.0 Å². The molecule has 6 aromatic rings. The second kappa shape index (κ2) is 10.8. The number of aromatic carboxylic acids is 1. The first-order valence-electron chi connectivity index (χ1n) is 14.7. The highest BCUT2D eigenvalue weighted by Gasteiger charge is 2.16. The summed E-state index contributed by atoms with van der Waals surface area (Å²) in [5.74, 6) is -0.956. The fourth-order valence-corrected chi connectivity index (χ4v) is 6.00. The van der Waals surface area contributed by atoms with E-state index in [9.17, 15) is 9.90 Å². The minimum atomic E-state index is -0.956. The van der Waals surface area contributed by atoms with Gasteiger partial charge in [0.05, 0.1) is 33.9 Å². The number of hydrogen-bond donors (Lipinski definition) is 3. The molecule has 0 atom stereocenters. The van der Waals surface area contributed by atoms with Gasteiger partial charge in [-0.2, -0.15) is 0 Å². The van der Waals surface area contributed by atoms with Gasteiger partial charge in [0.1, 0.15) is 0 Å². The average molecular weight is 583 g/mol. The number of aromatic nitrogens is 4. The van der Waals surface area contributed by atoms with E-state index in [1.165, 1.54) is 0 Å². The number of hydrogen-bond acceptors (Lipinski definition) is 3. The molecule has 0 amide bonds. The molecule has 45 heavy (non-hydrogen) atoms. The fraction of sp³-hybridized carbons (Fsp3) is 0. The summed E-state index contributed by atoms with van der Waals surface area (Å²) in [5.41, 5.74) is 13.1. The molecule has 8 bridgehead atoms. The Bertz CT molecular complexity index is 2330. The van der Waals surface area contributed by atoms with Crippen LogP contribution in [0.4, 0.5) is 0 Å². The lowest BCUT2D eigenvalue weighted by Crippen LogP contribution is -1.95. The molecule has 0 unspecified atom stereocenters. The zero-order valence-electron chi connectivity index (χ0n) is 24.0. The molecule has 8 rings (SSSR count). The van der Waals surface area contributed by atoms with Crippen LogP contribution in [0.2, 0.25) is 0 Å². The van der Waals surface area contributed by atoms with E-state index in [-0.39, 0.29) is 5.56 Å². The molecule has 0 spiro atoms. The lowest BCUT2D eigenvalue weighted by atomic mass is 9.98. The third-order valence-electron chi connectivity index (χ3n) is 8.08. The number of nitrogens with zero attached hydrogens (tertiary/aromatic N) is 2. The van der Waals surface area contributed by atoms with Gasteiger partial charge < -0.3 is 15.1 Å².